The number of nitrogens with one attached hydrogen (secondary N) is 1. The van der Waals surface area contributed by atoms with E-state index in [1.165, 1.54) is 0 Å². The van der Waals surface area contributed by atoms with E-state index in [1.54, 1.807) is 7.05 Å². The summed E-state index contributed by atoms with van der Waals surface area (Å²) in [7, 11) is 1.80. The zero-order chi connectivity index (χ0) is 13.5. The Morgan fingerprint density at radius 1 is 1.56 bits per heavy atom. The van der Waals surface area contributed by atoms with Gasteiger partial charge in [0.1, 0.15) is 6.04 Å². The number of rotatable bonds is 6. The van der Waals surface area contributed by atoms with Crippen molar-refractivity contribution in [2.75, 3.05) is 33.4 Å². The molecule has 3 atom stereocenters. The van der Waals surface area contributed by atoms with Gasteiger partial charge in [-0.2, -0.15) is 0 Å². The number of esters is 1. The van der Waals surface area contributed by atoms with Crippen molar-refractivity contribution in [2.45, 2.75) is 45.4 Å². The first kappa shape index (κ1) is 15.4. The summed E-state index contributed by atoms with van der Waals surface area (Å²) >= 11 is 0. The minimum atomic E-state index is -0.213. The summed E-state index contributed by atoms with van der Waals surface area (Å²) < 4.78 is 10.6. The van der Waals surface area contributed by atoms with Crippen molar-refractivity contribution in [1.82, 2.24) is 10.2 Å². The van der Waals surface area contributed by atoms with Crippen LogP contribution in [0, 0.1) is 0 Å². The highest BCUT2D eigenvalue weighted by molar-refractivity contribution is 5.75. The van der Waals surface area contributed by atoms with Crippen molar-refractivity contribution < 1.29 is 14.3 Å². The molecule has 18 heavy (non-hydrogen) atoms. The fourth-order valence-electron chi connectivity index (χ4n) is 2.20. The SMILES string of the molecule is CCOC(=O)C(CCN1CC(C)OCC1C)NC. The van der Waals surface area contributed by atoms with Gasteiger partial charge in [0.15, 0.2) is 0 Å². The lowest BCUT2D eigenvalue weighted by atomic mass is 10.1. The molecule has 0 aliphatic carbocycles. The van der Waals surface area contributed by atoms with E-state index in [2.05, 4.69) is 24.1 Å². The zero-order valence-corrected chi connectivity index (χ0v) is 11.9. The second kappa shape index (κ2) is 7.71. The molecule has 0 aromatic rings. The molecule has 0 amide bonds. The molecule has 0 aromatic carbocycles. The summed E-state index contributed by atoms with van der Waals surface area (Å²) in [6, 6.07) is 0.205. The van der Waals surface area contributed by atoms with Crippen molar-refractivity contribution in [1.29, 1.82) is 0 Å². The second-order valence-electron chi connectivity index (χ2n) is 4.87. The average molecular weight is 258 g/mol. The number of ether oxygens (including phenoxy) is 2. The molecule has 5 nitrogen and oxygen atoms in total. The molecule has 0 spiro atoms. The van der Waals surface area contributed by atoms with Crippen LogP contribution < -0.4 is 5.32 Å². The van der Waals surface area contributed by atoms with E-state index in [9.17, 15) is 4.79 Å². The van der Waals surface area contributed by atoms with Crippen molar-refractivity contribution in [3.05, 3.63) is 0 Å². The number of carbonyl (C=O) groups is 1. The summed E-state index contributed by atoms with van der Waals surface area (Å²) in [5, 5.41) is 3.02. The van der Waals surface area contributed by atoms with Gasteiger partial charge < -0.3 is 14.8 Å². The van der Waals surface area contributed by atoms with Crippen LogP contribution in [0.25, 0.3) is 0 Å². The first-order valence-corrected chi connectivity index (χ1v) is 6.78. The second-order valence-corrected chi connectivity index (χ2v) is 4.87. The highest BCUT2D eigenvalue weighted by atomic mass is 16.5. The van der Waals surface area contributed by atoms with Crippen molar-refractivity contribution in [3.8, 4) is 0 Å². The Bertz CT molecular complexity index is 261. The molecule has 1 N–H and O–H groups in total. The number of likely N-dealkylation sites (N-methyl/N-ethyl adjacent to an activating group) is 1. The highest BCUT2D eigenvalue weighted by Crippen LogP contribution is 2.12. The molecule has 1 rings (SSSR count). The van der Waals surface area contributed by atoms with Gasteiger partial charge in [0.2, 0.25) is 0 Å². The number of carbonyl (C=O) groups excluding carboxylic acids is 1. The fraction of sp³-hybridized carbons (Fsp3) is 0.923. The van der Waals surface area contributed by atoms with Crippen molar-refractivity contribution in [2.24, 2.45) is 0 Å². The summed E-state index contributed by atoms with van der Waals surface area (Å²) in [5.41, 5.74) is 0. The molecule has 3 unspecified atom stereocenters. The van der Waals surface area contributed by atoms with E-state index in [0.29, 0.717) is 12.6 Å². The van der Waals surface area contributed by atoms with Gasteiger partial charge in [-0.3, -0.25) is 9.69 Å². The van der Waals surface area contributed by atoms with Gasteiger partial charge in [0.05, 0.1) is 19.3 Å². The third kappa shape index (κ3) is 4.55. The van der Waals surface area contributed by atoms with E-state index >= 15 is 0 Å². The van der Waals surface area contributed by atoms with Crippen LogP contribution in [0.4, 0.5) is 0 Å². The normalized spacial score (nSPS) is 26.9. The molecule has 0 bridgehead atoms. The van der Waals surface area contributed by atoms with Crippen LogP contribution in [0.15, 0.2) is 0 Å². The minimum absolute atomic E-state index is 0.158. The smallest absolute Gasteiger partial charge is 0.323 e. The van der Waals surface area contributed by atoms with Crippen LogP contribution in [-0.2, 0) is 14.3 Å². The Morgan fingerprint density at radius 2 is 2.28 bits per heavy atom. The largest absolute Gasteiger partial charge is 0.465 e. The van der Waals surface area contributed by atoms with Crippen LogP contribution in [-0.4, -0.2) is 62.4 Å². The molecule has 0 saturated carbocycles. The summed E-state index contributed by atoms with van der Waals surface area (Å²) in [5.74, 6) is -0.158. The Kier molecular flexibility index (Phi) is 6.60. The van der Waals surface area contributed by atoms with Crippen LogP contribution in [0.3, 0.4) is 0 Å². The van der Waals surface area contributed by atoms with E-state index < -0.39 is 0 Å². The quantitative estimate of drug-likeness (QED) is 0.708. The first-order valence-electron chi connectivity index (χ1n) is 6.78. The Balaban J connectivity index is 2.39. The molecule has 1 saturated heterocycles. The van der Waals surface area contributed by atoms with Gasteiger partial charge >= 0.3 is 5.97 Å². The molecule has 1 aliphatic heterocycles. The molecule has 1 aliphatic rings. The maximum Gasteiger partial charge on any atom is 0.323 e. The van der Waals surface area contributed by atoms with E-state index in [1.807, 2.05) is 6.92 Å². The average Bonchev–Trinajstić information content (AvgIpc) is 2.34. The molecule has 0 aromatic heterocycles. The van der Waals surface area contributed by atoms with E-state index in [0.717, 1.165) is 26.1 Å². The topological polar surface area (TPSA) is 50.8 Å². The summed E-state index contributed by atoms with van der Waals surface area (Å²) in [6.07, 6.45) is 1.05. The Hall–Kier alpha value is -0.650. The zero-order valence-electron chi connectivity index (χ0n) is 11.9. The van der Waals surface area contributed by atoms with E-state index in [-0.39, 0.29) is 18.1 Å². The van der Waals surface area contributed by atoms with Gasteiger partial charge in [-0.25, -0.2) is 0 Å². The van der Waals surface area contributed by atoms with Crippen LogP contribution in [0.5, 0.6) is 0 Å². The lowest BCUT2D eigenvalue weighted by Gasteiger charge is -2.37. The predicted molar refractivity (Wildman–Crippen MR) is 70.5 cm³/mol. The Morgan fingerprint density at radius 3 is 2.89 bits per heavy atom. The number of hydrogen-bond donors (Lipinski definition) is 1. The van der Waals surface area contributed by atoms with Crippen molar-refractivity contribution in [3.63, 3.8) is 0 Å². The third-order valence-corrected chi connectivity index (χ3v) is 3.36. The maximum absolute atomic E-state index is 11.7. The van der Waals surface area contributed by atoms with Gasteiger partial charge in [-0.05, 0) is 34.2 Å². The monoisotopic (exact) mass is 258 g/mol. The molecular formula is C13H26N2O3. The molecule has 1 heterocycles. The number of morpholine rings is 1. The first-order chi connectivity index (χ1) is 8.58. The minimum Gasteiger partial charge on any atom is -0.465 e. The fourth-order valence-corrected chi connectivity index (χ4v) is 2.20. The summed E-state index contributed by atoms with van der Waals surface area (Å²) in [6.45, 7) is 9.09. The van der Waals surface area contributed by atoms with Crippen LogP contribution in [0.2, 0.25) is 0 Å². The molecule has 1 fully saturated rings. The van der Waals surface area contributed by atoms with Gasteiger partial charge in [0.25, 0.3) is 0 Å². The van der Waals surface area contributed by atoms with E-state index in [4.69, 9.17) is 9.47 Å². The number of nitrogens with zero attached hydrogens (tertiary/aromatic N) is 1. The van der Waals surface area contributed by atoms with Gasteiger partial charge in [-0.15, -0.1) is 0 Å². The lowest BCUT2D eigenvalue weighted by Crippen LogP contribution is -2.49. The summed E-state index contributed by atoms with van der Waals surface area (Å²) in [4.78, 5) is 14.0. The van der Waals surface area contributed by atoms with Crippen molar-refractivity contribution >= 4 is 5.97 Å². The highest BCUT2D eigenvalue weighted by Gasteiger charge is 2.25. The molecule has 5 heteroatoms. The molecule has 0 radical (unpaired) electrons. The number of hydrogen-bond acceptors (Lipinski definition) is 5. The lowest BCUT2D eigenvalue weighted by molar-refractivity contribution is -0.146. The molecule has 106 valence electrons. The Labute approximate surface area is 110 Å². The van der Waals surface area contributed by atoms with Crippen LogP contribution in [0.1, 0.15) is 27.2 Å². The van der Waals surface area contributed by atoms with Gasteiger partial charge in [-0.1, -0.05) is 0 Å². The van der Waals surface area contributed by atoms with Gasteiger partial charge in [0, 0.05) is 19.1 Å². The third-order valence-electron chi connectivity index (χ3n) is 3.36. The molecular weight excluding hydrogens is 232 g/mol. The maximum atomic E-state index is 11.7. The standard InChI is InChI=1S/C13H26N2O3/c1-5-17-13(16)12(14-4)6-7-15-8-11(3)18-9-10(15)2/h10-12,14H,5-9H2,1-4H3. The van der Waals surface area contributed by atoms with Crippen LogP contribution >= 0.6 is 0 Å². The predicted octanol–water partition coefficient (Wildman–Crippen LogP) is 0.637.